The fourth-order valence-corrected chi connectivity index (χ4v) is 3.40. The van der Waals surface area contributed by atoms with E-state index in [0.717, 1.165) is 19.3 Å². The zero-order valence-electron chi connectivity index (χ0n) is 14.4. The summed E-state index contributed by atoms with van der Waals surface area (Å²) < 4.78 is 10.2. The van der Waals surface area contributed by atoms with Crippen LogP contribution in [0.2, 0.25) is 0 Å². The van der Waals surface area contributed by atoms with Crippen molar-refractivity contribution in [3.63, 3.8) is 0 Å². The summed E-state index contributed by atoms with van der Waals surface area (Å²) in [6, 6.07) is 8.58. The first-order valence-electron chi connectivity index (χ1n) is 8.48. The molecule has 0 spiro atoms. The van der Waals surface area contributed by atoms with Gasteiger partial charge in [-0.2, -0.15) is 0 Å². The zero-order chi connectivity index (χ0) is 18.0. The van der Waals surface area contributed by atoms with Crippen molar-refractivity contribution in [3.05, 3.63) is 46.3 Å². The van der Waals surface area contributed by atoms with Crippen LogP contribution < -0.4 is 5.63 Å². The van der Waals surface area contributed by atoms with Crippen LogP contribution in [0.25, 0.3) is 11.0 Å². The lowest BCUT2D eigenvalue weighted by atomic mass is 9.97. The third-order valence-electron chi connectivity index (χ3n) is 4.67. The van der Waals surface area contributed by atoms with Gasteiger partial charge in [-0.1, -0.05) is 18.2 Å². The molecule has 0 unspecified atom stereocenters. The number of piperidine rings is 1. The molecule has 132 valence electrons. The van der Waals surface area contributed by atoms with Crippen LogP contribution >= 0.6 is 0 Å². The molecule has 1 amide bonds. The number of rotatable bonds is 3. The molecule has 1 aromatic carbocycles. The van der Waals surface area contributed by atoms with Crippen LogP contribution in [0.3, 0.4) is 0 Å². The van der Waals surface area contributed by atoms with Crippen molar-refractivity contribution in [2.75, 3.05) is 6.61 Å². The number of hydrogen-bond acceptors (Lipinski definition) is 5. The second kappa shape index (κ2) is 7.09. The number of benzene rings is 1. The Morgan fingerprint density at radius 3 is 2.60 bits per heavy atom. The monoisotopic (exact) mass is 343 g/mol. The number of nitrogens with zero attached hydrogens (tertiary/aromatic N) is 1. The van der Waals surface area contributed by atoms with Gasteiger partial charge in [-0.15, -0.1) is 0 Å². The Hall–Kier alpha value is -2.63. The van der Waals surface area contributed by atoms with Crippen molar-refractivity contribution in [1.82, 2.24) is 4.90 Å². The summed E-state index contributed by atoms with van der Waals surface area (Å²) in [6.07, 6.45) is 2.97. The van der Waals surface area contributed by atoms with Gasteiger partial charge in [0.15, 0.2) is 6.61 Å². The van der Waals surface area contributed by atoms with Crippen LogP contribution in [-0.4, -0.2) is 35.5 Å². The Kier molecular flexibility index (Phi) is 4.88. The molecule has 2 heterocycles. The van der Waals surface area contributed by atoms with Crippen molar-refractivity contribution in [2.45, 2.75) is 45.2 Å². The van der Waals surface area contributed by atoms with E-state index in [1.54, 1.807) is 29.2 Å². The summed E-state index contributed by atoms with van der Waals surface area (Å²) in [5, 5.41) is 0.624. The maximum Gasteiger partial charge on any atom is 0.351 e. The highest BCUT2D eigenvalue weighted by Gasteiger charge is 2.29. The van der Waals surface area contributed by atoms with Gasteiger partial charge in [0.05, 0.1) is 0 Å². The number of hydrogen-bond donors (Lipinski definition) is 0. The van der Waals surface area contributed by atoms with Crippen LogP contribution in [-0.2, 0) is 9.53 Å². The van der Waals surface area contributed by atoms with Crippen LogP contribution in [0, 0.1) is 0 Å². The highest BCUT2D eigenvalue weighted by atomic mass is 16.5. The number of likely N-dealkylation sites (tertiary alicyclic amines) is 1. The number of fused-ring (bicyclic) bond motifs is 1. The van der Waals surface area contributed by atoms with Gasteiger partial charge in [0.25, 0.3) is 5.91 Å². The molecule has 1 aliphatic heterocycles. The molecule has 0 bridgehead atoms. The first-order chi connectivity index (χ1) is 12.0. The lowest BCUT2D eigenvalue weighted by Crippen LogP contribution is -2.49. The summed E-state index contributed by atoms with van der Waals surface area (Å²) in [7, 11) is 0. The van der Waals surface area contributed by atoms with Crippen molar-refractivity contribution in [2.24, 2.45) is 0 Å². The van der Waals surface area contributed by atoms with Gasteiger partial charge in [-0.05, 0) is 45.2 Å². The fourth-order valence-electron chi connectivity index (χ4n) is 3.40. The number of ether oxygens (including phenoxy) is 1. The molecule has 2 aromatic rings. The van der Waals surface area contributed by atoms with E-state index in [1.807, 2.05) is 13.8 Å². The van der Waals surface area contributed by atoms with Crippen molar-refractivity contribution in [3.8, 4) is 0 Å². The van der Waals surface area contributed by atoms with Gasteiger partial charge >= 0.3 is 11.6 Å². The van der Waals surface area contributed by atoms with Crippen LogP contribution in [0.1, 0.15) is 43.5 Å². The van der Waals surface area contributed by atoms with Gasteiger partial charge in [-0.3, -0.25) is 4.79 Å². The molecular formula is C19H21NO5. The van der Waals surface area contributed by atoms with E-state index < -0.39 is 11.6 Å². The minimum Gasteiger partial charge on any atom is -0.452 e. The summed E-state index contributed by atoms with van der Waals surface area (Å²) in [6.45, 7) is 3.61. The number of carbonyl (C=O) groups is 2. The molecule has 1 fully saturated rings. The maximum atomic E-state index is 12.4. The van der Waals surface area contributed by atoms with Gasteiger partial charge < -0.3 is 14.1 Å². The Bertz CT molecular complexity index is 846. The van der Waals surface area contributed by atoms with Gasteiger partial charge in [0.1, 0.15) is 11.1 Å². The summed E-state index contributed by atoms with van der Waals surface area (Å²) in [5.74, 6) is -1.08. The Morgan fingerprint density at radius 1 is 1.20 bits per heavy atom. The minimum atomic E-state index is -0.842. The van der Waals surface area contributed by atoms with E-state index in [9.17, 15) is 14.4 Å². The lowest BCUT2D eigenvalue weighted by molar-refractivity contribution is -0.140. The first-order valence-corrected chi connectivity index (χ1v) is 8.48. The Morgan fingerprint density at radius 2 is 1.88 bits per heavy atom. The summed E-state index contributed by atoms with van der Waals surface area (Å²) in [4.78, 5) is 38.3. The Balaban J connectivity index is 1.71. The van der Waals surface area contributed by atoms with E-state index >= 15 is 0 Å². The predicted octanol–water partition coefficient (Wildman–Crippen LogP) is 2.74. The predicted molar refractivity (Wildman–Crippen MR) is 92.4 cm³/mol. The van der Waals surface area contributed by atoms with E-state index in [0.29, 0.717) is 11.0 Å². The first kappa shape index (κ1) is 17.2. The molecule has 0 aliphatic carbocycles. The Labute approximate surface area is 145 Å². The maximum absolute atomic E-state index is 12.4. The van der Waals surface area contributed by atoms with E-state index in [1.165, 1.54) is 6.07 Å². The molecule has 0 radical (unpaired) electrons. The average Bonchev–Trinajstić information content (AvgIpc) is 2.59. The molecule has 0 saturated carbocycles. The second-order valence-corrected chi connectivity index (χ2v) is 6.49. The lowest BCUT2D eigenvalue weighted by Gasteiger charge is -2.38. The van der Waals surface area contributed by atoms with Gasteiger partial charge in [0.2, 0.25) is 0 Å². The molecule has 1 saturated heterocycles. The molecule has 6 nitrogen and oxygen atoms in total. The topological polar surface area (TPSA) is 76.8 Å². The smallest absolute Gasteiger partial charge is 0.351 e. The standard InChI is InChI=1S/C19H21NO5/c1-12-6-5-7-13(2)20(12)17(21)11-24-18(22)15-10-14-8-3-4-9-16(14)25-19(15)23/h3-4,8-10,12-13H,5-7,11H2,1-2H3/t12-,13+. The van der Waals surface area contributed by atoms with Crippen molar-refractivity contribution >= 4 is 22.8 Å². The SMILES string of the molecule is C[C@@H]1CCC[C@H](C)N1C(=O)COC(=O)c1cc2ccccc2oc1=O. The highest BCUT2D eigenvalue weighted by Crippen LogP contribution is 2.22. The quantitative estimate of drug-likeness (QED) is 0.633. The van der Waals surface area contributed by atoms with Gasteiger partial charge in [-0.25, -0.2) is 9.59 Å². The largest absolute Gasteiger partial charge is 0.452 e. The molecule has 25 heavy (non-hydrogen) atoms. The second-order valence-electron chi connectivity index (χ2n) is 6.49. The molecule has 0 N–H and O–H groups in total. The number of carbonyl (C=O) groups excluding carboxylic acids is 2. The number of amides is 1. The van der Waals surface area contributed by atoms with E-state index in [4.69, 9.17) is 9.15 Å². The van der Waals surface area contributed by atoms with Crippen molar-refractivity contribution < 1.29 is 18.7 Å². The van der Waals surface area contributed by atoms with E-state index in [2.05, 4.69) is 0 Å². The zero-order valence-corrected chi connectivity index (χ0v) is 14.4. The summed E-state index contributed by atoms with van der Waals surface area (Å²) >= 11 is 0. The molecule has 1 aromatic heterocycles. The molecular weight excluding hydrogens is 322 g/mol. The fraction of sp³-hybridized carbons (Fsp3) is 0.421. The number of para-hydroxylation sites is 1. The third-order valence-corrected chi connectivity index (χ3v) is 4.67. The minimum absolute atomic E-state index is 0.126. The highest BCUT2D eigenvalue weighted by molar-refractivity contribution is 5.94. The van der Waals surface area contributed by atoms with Gasteiger partial charge in [0, 0.05) is 17.5 Å². The molecule has 3 rings (SSSR count). The molecule has 6 heteroatoms. The van der Waals surface area contributed by atoms with Crippen molar-refractivity contribution in [1.29, 1.82) is 0 Å². The van der Waals surface area contributed by atoms with E-state index in [-0.39, 0.29) is 30.2 Å². The summed E-state index contributed by atoms with van der Waals surface area (Å²) in [5.41, 5.74) is -0.571. The van der Waals surface area contributed by atoms with Crippen LogP contribution in [0.5, 0.6) is 0 Å². The third kappa shape index (κ3) is 3.57. The molecule has 2 atom stereocenters. The van der Waals surface area contributed by atoms with Crippen LogP contribution in [0.15, 0.2) is 39.5 Å². The number of esters is 1. The molecule has 1 aliphatic rings. The average molecular weight is 343 g/mol. The van der Waals surface area contributed by atoms with Crippen LogP contribution in [0.4, 0.5) is 0 Å². The normalized spacial score (nSPS) is 20.5.